The Labute approximate surface area is 116 Å². The second-order valence-electron chi connectivity index (χ2n) is 2.73. The summed E-state index contributed by atoms with van der Waals surface area (Å²) >= 11 is -1.06. The van der Waals surface area contributed by atoms with Crippen molar-refractivity contribution in [3.8, 4) is 12.1 Å². The van der Waals surface area contributed by atoms with Crippen LogP contribution < -0.4 is 0 Å². The standard InChI is InChI=1S/C10H6N2O4Se2/c1-15-8(13)6-7(9(14)16-2)18-10(17-6)5(3-11)4-12/h1-2H3. The number of carbonyl (C=O) groups is 2. The Morgan fingerprint density at radius 1 is 1.00 bits per heavy atom. The molecule has 0 atom stereocenters. The summed E-state index contributed by atoms with van der Waals surface area (Å²) < 4.78 is 10.2. The molecule has 1 heterocycles. The van der Waals surface area contributed by atoms with Gasteiger partial charge in [-0.25, -0.2) is 0 Å². The normalized spacial score (nSPS) is 13.7. The van der Waals surface area contributed by atoms with Crippen LogP contribution in [-0.2, 0) is 19.1 Å². The van der Waals surface area contributed by atoms with E-state index in [0.29, 0.717) is 3.37 Å². The summed E-state index contributed by atoms with van der Waals surface area (Å²) in [6.45, 7) is 0. The molecule has 18 heavy (non-hydrogen) atoms. The van der Waals surface area contributed by atoms with E-state index in [9.17, 15) is 9.59 Å². The van der Waals surface area contributed by atoms with E-state index in [1.807, 2.05) is 0 Å². The SMILES string of the molecule is COC(=O)C1=C(C(=O)OC)[Se]C(=C(C#N)C#N)[Se]1. The van der Waals surface area contributed by atoms with Crippen LogP contribution in [0.1, 0.15) is 0 Å². The Bertz CT molecular complexity index is 505. The molecule has 0 spiro atoms. The van der Waals surface area contributed by atoms with Crippen molar-refractivity contribution >= 4 is 41.9 Å². The van der Waals surface area contributed by atoms with E-state index in [-0.39, 0.29) is 14.5 Å². The molecule has 0 aliphatic carbocycles. The predicted molar refractivity (Wildman–Crippen MR) is 60.8 cm³/mol. The van der Waals surface area contributed by atoms with E-state index in [1.54, 1.807) is 12.1 Å². The summed E-state index contributed by atoms with van der Waals surface area (Å²) in [4.78, 5) is 23.1. The van der Waals surface area contributed by atoms with Crippen molar-refractivity contribution in [2.75, 3.05) is 14.2 Å². The van der Waals surface area contributed by atoms with Crippen molar-refractivity contribution < 1.29 is 19.1 Å². The average Bonchev–Trinajstić information content (AvgIpc) is 2.83. The third-order valence-electron chi connectivity index (χ3n) is 1.77. The summed E-state index contributed by atoms with van der Waals surface area (Å²) in [5.74, 6) is -1.22. The molecule has 0 fully saturated rings. The minimum absolute atomic E-state index is 0.0321. The summed E-state index contributed by atoms with van der Waals surface area (Å²) in [7, 11) is 2.43. The van der Waals surface area contributed by atoms with Crippen LogP contribution in [0.3, 0.4) is 0 Å². The molecule has 1 aliphatic heterocycles. The van der Waals surface area contributed by atoms with Crippen LogP contribution in [0.5, 0.6) is 0 Å². The number of nitrogens with zero attached hydrogens (tertiary/aromatic N) is 2. The van der Waals surface area contributed by atoms with Gasteiger partial charge in [-0.05, 0) is 0 Å². The van der Waals surface area contributed by atoms with E-state index in [2.05, 4.69) is 9.47 Å². The molecule has 0 aromatic rings. The Kier molecular flexibility index (Phi) is 5.15. The quantitative estimate of drug-likeness (QED) is 0.356. The van der Waals surface area contributed by atoms with E-state index < -0.39 is 41.9 Å². The zero-order valence-electron chi connectivity index (χ0n) is 9.34. The molecule has 0 saturated heterocycles. The molecule has 8 heteroatoms. The Morgan fingerprint density at radius 2 is 1.39 bits per heavy atom. The number of allylic oxidation sites excluding steroid dienone is 1. The Hall–Kier alpha value is -1.56. The molecule has 0 amide bonds. The first-order valence-electron chi connectivity index (χ1n) is 4.40. The maximum absolute atomic E-state index is 11.5. The van der Waals surface area contributed by atoms with E-state index in [4.69, 9.17) is 10.5 Å². The molecule has 1 aliphatic rings. The topological polar surface area (TPSA) is 100 Å². The van der Waals surface area contributed by atoms with Crippen LogP contribution in [0, 0.1) is 22.7 Å². The molecule has 0 bridgehead atoms. The van der Waals surface area contributed by atoms with Gasteiger partial charge >= 0.3 is 116 Å². The molecule has 0 radical (unpaired) electrons. The molecule has 0 aromatic carbocycles. The molecule has 0 aromatic heterocycles. The maximum atomic E-state index is 11.5. The van der Waals surface area contributed by atoms with E-state index in [0.717, 1.165) is 0 Å². The van der Waals surface area contributed by atoms with Crippen LogP contribution >= 0.6 is 0 Å². The van der Waals surface area contributed by atoms with Crippen LogP contribution in [0.25, 0.3) is 0 Å². The van der Waals surface area contributed by atoms with Gasteiger partial charge in [0.25, 0.3) is 0 Å². The summed E-state index contributed by atoms with van der Waals surface area (Å²) in [5, 5.41) is 17.6. The van der Waals surface area contributed by atoms with Gasteiger partial charge in [0.2, 0.25) is 0 Å². The van der Waals surface area contributed by atoms with Crippen molar-refractivity contribution in [3.63, 3.8) is 0 Å². The Morgan fingerprint density at radius 3 is 1.67 bits per heavy atom. The fourth-order valence-electron chi connectivity index (χ4n) is 0.971. The first-order chi connectivity index (χ1) is 8.58. The fraction of sp³-hybridized carbons (Fsp3) is 0.200. The number of hydrogen-bond donors (Lipinski definition) is 0. The summed E-state index contributed by atoms with van der Waals surface area (Å²) in [6.07, 6.45) is 0. The third-order valence-corrected chi connectivity index (χ3v) is 8.28. The van der Waals surface area contributed by atoms with Gasteiger partial charge in [0, 0.05) is 0 Å². The third kappa shape index (κ3) is 2.81. The number of rotatable bonds is 2. The van der Waals surface area contributed by atoms with E-state index >= 15 is 0 Å². The number of hydrogen-bond acceptors (Lipinski definition) is 6. The number of methoxy groups -OCH3 is 2. The van der Waals surface area contributed by atoms with Crippen molar-refractivity contribution in [2.24, 2.45) is 0 Å². The van der Waals surface area contributed by atoms with Gasteiger partial charge in [-0.3, -0.25) is 0 Å². The summed E-state index contributed by atoms with van der Waals surface area (Å²) in [6, 6.07) is 3.54. The van der Waals surface area contributed by atoms with Gasteiger partial charge < -0.3 is 0 Å². The fourth-order valence-corrected chi connectivity index (χ4v) is 7.27. The minimum atomic E-state index is -0.609. The first-order valence-corrected chi connectivity index (χ1v) is 7.82. The predicted octanol–water partition coefficient (Wildman–Crippen LogP) is -0.775. The van der Waals surface area contributed by atoms with Gasteiger partial charge in [-0.15, -0.1) is 0 Å². The van der Waals surface area contributed by atoms with Crippen LogP contribution in [0.15, 0.2) is 17.9 Å². The molecule has 6 nitrogen and oxygen atoms in total. The van der Waals surface area contributed by atoms with Crippen molar-refractivity contribution in [2.45, 2.75) is 0 Å². The van der Waals surface area contributed by atoms with Gasteiger partial charge in [-0.2, -0.15) is 0 Å². The number of esters is 2. The molecule has 92 valence electrons. The molecule has 1 rings (SSSR count). The van der Waals surface area contributed by atoms with Crippen LogP contribution in [0.4, 0.5) is 0 Å². The molecule has 0 unspecified atom stereocenters. The van der Waals surface area contributed by atoms with Crippen LogP contribution in [-0.4, -0.2) is 56.1 Å². The monoisotopic (exact) mass is 378 g/mol. The number of carbonyl (C=O) groups excluding carboxylic acids is 2. The molecular formula is C10H6N2O4Se2. The molecular weight excluding hydrogens is 370 g/mol. The zero-order valence-corrected chi connectivity index (χ0v) is 12.8. The van der Waals surface area contributed by atoms with Crippen molar-refractivity contribution in [1.82, 2.24) is 0 Å². The Balaban J connectivity index is 3.21. The number of nitriles is 2. The average molecular weight is 376 g/mol. The van der Waals surface area contributed by atoms with Gasteiger partial charge in [0.05, 0.1) is 0 Å². The van der Waals surface area contributed by atoms with Crippen molar-refractivity contribution in [1.29, 1.82) is 10.5 Å². The number of ether oxygens (including phenoxy) is 2. The van der Waals surface area contributed by atoms with Crippen LogP contribution in [0.2, 0.25) is 0 Å². The van der Waals surface area contributed by atoms with Gasteiger partial charge in [0.1, 0.15) is 0 Å². The molecule has 0 N–H and O–H groups in total. The first kappa shape index (κ1) is 14.5. The second-order valence-corrected chi connectivity index (χ2v) is 8.32. The van der Waals surface area contributed by atoms with Gasteiger partial charge in [-0.1, -0.05) is 0 Å². The van der Waals surface area contributed by atoms with Crippen molar-refractivity contribution in [3.05, 3.63) is 17.9 Å². The second kappa shape index (κ2) is 6.39. The zero-order chi connectivity index (χ0) is 13.7. The molecule has 0 saturated carbocycles. The van der Waals surface area contributed by atoms with Gasteiger partial charge in [0.15, 0.2) is 0 Å². The van der Waals surface area contributed by atoms with E-state index in [1.165, 1.54) is 14.2 Å². The summed E-state index contributed by atoms with van der Waals surface area (Å²) in [5.41, 5.74) is -0.0321.